The van der Waals surface area contributed by atoms with Crippen LogP contribution in [0.4, 0.5) is 4.79 Å². The second-order valence-corrected chi connectivity index (χ2v) is 7.63. The molecule has 122 valence electrons. The highest BCUT2D eigenvalue weighted by atomic mass is 32.2. The molecule has 3 N–H and O–H groups in total. The van der Waals surface area contributed by atoms with Gasteiger partial charge in [-0.15, -0.1) is 0 Å². The lowest BCUT2D eigenvalue weighted by molar-refractivity contribution is 0.0723. The van der Waals surface area contributed by atoms with E-state index in [4.69, 9.17) is 5.11 Å². The molecule has 3 atom stereocenters. The molecule has 0 bridgehead atoms. The number of unbranched alkanes of at least 4 members (excludes halogenated alkanes) is 1. The van der Waals surface area contributed by atoms with Crippen LogP contribution in [-0.2, 0) is 11.0 Å². The molecule has 21 heavy (non-hydrogen) atoms. The molecule has 7 heteroatoms. The lowest BCUT2D eigenvalue weighted by Crippen LogP contribution is -2.50. The summed E-state index contributed by atoms with van der Waals surface area (Å²) < 4.78 is 15.3. The van der Waals surface area contributed by atoms with Crippen LogP contribution >= 0.6 is 0 Å². The number of piperidine rings is 1. The first-order valence-electron chi connectivity index (χ1n) is 7.77. The second-order valence-electron chi connectivity index (χ2n) is 6.30. The predicted octanol–water partition coefficient (Wildman–Crippen LogP) is 1.32. The van der Waals surface area contributed by atoms with Crippen LogP contribution < -0.4 is 4.72 Å². The molecule has 1 saturated carbocycles. The van der Waals surface area contributed by atoms with Gasteiger partial charge < -0.3 is 15.1 Å². The van der Waals surface area contributed by atoms with Crippen LogP contribution in [0.15, 0.2) is 0 Å². The zero-order valence-corrected chi connectivity index (χ0v) is 13.4. The van der Waals surface area contributed by atoms with Crippen molar-refractivity contribution in [2.24, 2.45) is 5.41 Å². The minimum absolute atomic E-state index is 0.0288. The fourth-order valence-corrected chi connectivity index (χ4v) is 4.91. The van der Waals surface area contributed by atoms with Crippen LogP contribution in [0.3, 0.4) is 0 Å². The van der Waals surface area contributed by atoms with Gasteiger partial charge in [0.15, 0.2) is 0 Å². The van der Waals surface area contributed by atoms with E-state index < -0.39 is 17.1 Å². The smallest absolute Gasteiger partial charge is 0.407 e. The fourth-order valence-electron chi connectivity index (χ4n) is 3.58. The molecular weight excluding hydrogens is 292 g/mol. The van der Waals surface area contributed by atoms with Gasteiger partial charge in [0, 0.05) is 24.9 Å². The minimum Gasteiger partial charge on any atom is -0.465 e. The normalized spacial score (nSPS) is 29.7. The summed E-state index contributed by atoms with van der Waals surface area (Å²) in [5.41, 5.74) is -0.104. The first-order chi connectivity index (χ1) is 9.97. The van der Waals surface area contributed by atoms with Gasteiger partial charge in [-0.3, -0.25) is 0 Å². The molecule has 1 spiro atoms. The Bertz CT molecular complexity index is 396. The van der Waals surface area contributed by atoms with Crippen LogP contribution in [0, 0.1) is 5.41 Å². The molecular formula is C14H26N2O4S. The highest BCUT2D eigenvalue weighted by molar-refractivity contribution is 7.83. The van der Waals surface area contributed by atoms with Crippen molar-refractivity contribution >= 4 is 17.1 Å². The van der Waals surface area contributed by atoms with Gasteiger partial charge in [-0.25, -0.2) is 13.7 Å². The van der Waals surface area contributed by atoms with Crippen molar-refractivity contribution in [3.63, 3.8) is 0 Å². The van der Waals surface area contributed by atoms with Crippen molar-refractivity contribution in [2.75, 3.05) is 18.8 Å². The topological polar surface area (TPSA) is 89.9 Å². The predicted molar refractivity (Wildman–Crippen MR) is 81.3 cm³/mol. The summed E-state index contributed by atoms with van der Waals surface area (Å²) in [4.78, 5) is 12.4. The zero-order valence-electron chi connectivity index (χ0n) is 12.6. The number of rotatable bonds is 5. The van der Waals surface area contributed by atoms with Crippen molar-refractivity contribution in [3.05, 3.63) is 0 Å². The number of amides is 1. The summed E-state index contributed by atoms with van der Waals surface area (Å²) in [5.74, 6) is 0.639. The molecule has 1 aliphatic heterocycles. The van der Waals surface area contributed by atoms with Gasteiger partial charge in [-0.05, 0) is 37.5 Å². The van der Waals surface area contributed by atoms with Gasteiger partial charge in [-0.1, -0.05) is 13.3 Å². The number of aliphatic hydroxyl groups is 1. The van der Waals surface area contributed by atoms with E-state index >= 15 is 0 Å². The first-order valence-corrected chi connectivity index (χ1v) is 9.09. The molecule has 2 fully saturated rings. The van der Waals surface area contributed by atoms with E-state index in [0.717, 1.165) is 25.7 Å². The largest absolute Gasteiger partial charge is 0.465 e. The van der Waals surface area contributed by atoms with Crippen LogP contribution in [0.25, 0.3) is 0 Å². The number of aliphatic hydroxyl groups excluding tert-OH is 1. The molecule has 1 unspecified atom stereocenters. The average Bonchev–Trinajstić information content (AvgIpc) is 2.72. The number of likely N-dealkylation sites (tertiary alicyclic amines) is 1. The maximum absolute atomic E-state index is 12.1. The third-order valence-corrected chi connectivity index (χ3v) is 6.08. The summed E-state index contributed by atoms with van der Waals surface area (Å²) in [7, 11) is -1.06. The number of carbonyl (C=O) groups is 1. The third kappa shape index (κ3) is 3.96. The van der Waals surface area contributed by atoms with Gasteiger partial charge in [0.25, 0.3) is 0 Å². The second kappa shape index (κ2) is 7.07. The van der Waals surface area contributed by atoms with E-state index in [0.29, 0.717) is 31.7 Å². The van der Waals surface area contributed by atoms with Gasteiger partial charge in [0.1, 0.15) is 0 Å². The molecule has 2 aliphatic rings. The summed E-state index contributed by atoms with van der Waals surface area (Å²) in [6.07, 6.45) is 3.46. The van der Waals surface area contributed by atoms with E-state index in [9.17, 15) is 14.1 Å². The Morgan fingerprint density at radius 2 is 2.10 bits per heavy atom. The lowest BCUT2D eigenvalue weighted by Gasteiger charge is -2.42. The molecule has 2 rings (SSSR count). The van der Waals surface area contributed by atoms with Crippen LogP contribution in [0.2, 0.25) is 0 Å². The SMILES string of the molecule is CCCCS(=O)N[C@@H]1C[C@H](O)CC12CCN(C(=O)O)CC2. The third-order valence-electron chi connectivity index (χ3n) is 4.88. The summed E-state index contributed by atoms with van der Waals surface area (Å²) >= 11 is 0. The van der Waals surface area contributed by atoms with Gasteiger partial charge in [-0.2, -0.15) is 0 Å². The molecule has 0 aromatic rings. The maximum Gasteiger partial charge on any atom is 0.407 e. The first kappa shape index (κ1) is 16.7. The highest BCUT2D eigenvalue weighted by Gasteiger charge is 2.49. The van der Waals surface area contributed by atoms with E-state index in [1.807, 2.05) is 0 Å². The number of carboxylic acid groups (broad SMARTS) is 1. The molecule has 1 amide bonds. The van der Waals surface area contributed by atoms with E-state index in [2.05, 4.69) is 11.6 Å². The lowest BCUT2D eigenvalue weighted by atomic mass is 9.74. The van der Waals surface area contributed by atoms with E-state index in [1.165, 1.54) is 4.90 Å². The van der Waals surface area contributed by atoms with E-state index in [-0.39, 0.29) is 17.6 Å². The van der Waals surface area contributed by atoms with E-state index in [1.54, 1.807) is 0 Å². The maximum atomic E-state index is 12.1. The number of hydrogen-bond donors (Lipinski definition) is 3. The standard InChI is InChI=1S/C14H26N2O4S/c1-2-3-8-21(20)15-12-9-11(17)10-14(12)4-6-16(7-5-14)13(18)19/h11-12,15,17H,2-10H2,1H3,(H,18,19)/t11-,12+,21?/m0/s1. The monoisotopic (exact) mass is 318 g/mol. The van der Waals surface area contributed by atoms with Crippen molar-refractivity contribution in [3.8, 4) is 0 Å². The number of hydrogen-bond acceptors (Lipinski definition) is 3. The molecule has 0 aromatic carbocycles. The van der Waals surface area contributed by atoms with Gasteiger partial charge in [0.05, 0.1) is 17.1 Å². The summed E-state index contributed by atoms with van der Waals surface area (Å²) in [6.45, 7) is 3.07. The Balaban J connectivity index is 1.97. The van der Waals surface area contributed by atoms with Crippen molar-refractivity contribution < 1.29 is 19.2 Å². The van der Waals surface area contributed by atoms with Gasteiger partial charge >= 0.3 is 6.09 Å². The van der Waals surface area contributed by atoms with Crippen molar-refractivity contribution in [1.82, 2.24) is 9.62 Å². The molecule has 0 aromatic heterocycles. The van der Waals surface area contributed by atoms with Crippen molar-refractivity contribution in [1.29, 1.82) is 0 Å². The Kier molecular flexibility index (Phi) is 5.62. The summed E-state index contributed by atoms with van der Waals surface area (Å²) in [5, 5.41) is 19.1. The average molecular weight is 318 g/mol. The summed E-state index contributed by atoms with van der Waals surface area (Å²) in [6, 6.07) is 0.0288. The minimum atomic E-state index is -1.06. The molecule has 1 saturated heterocycles. The van der Waals surface area contributed by atoms with Crippen molar-refractivity contribution in [2.45, 2.75) is 57.6 Å². The fraction of sp³-hybridized carbons (Fsp3) is 0.929. The Morgan fingerprint density at radius 1 is 1.43 bits per heavy atom. The highest BCUT2D eigenvalue weighted by Crippen LogP contribution is 2.46. The number of nitrogens with one attached hydrogen (secondary N) is 1. The number of nitrogens with zero attached hydrogens (tertiary/aromatic N) is 1. The zero-order chi connectivity index (χ0) is 15.5. The Morgan fingerprint density at radius 3 is 2.67 bits per heavy atom. The van der Waals surface area contributed by atoms with Crippen LogP contribution in [-0.4, -0.2) is 56.4 Å². The molecule has 1 heterocycles. The van der Waals surface area contributed by atoms with Crippen LogP contribution in [0.5, 0.6) is 0 Å². The van der Waals surface area contributed by atoms with Gasteiger partial charge in [0.2, 0.25) is 0 Å². The van der Waals surface area contributed by atoms with Crippen LogP contribution in [0.1, 0.15) is 45.4 Å². The Hall–Kier alpha value is -0.660. The molecule has 6 nitrogen and oxygen atoms in total. The molecule has 1 aliphatic carbocycles. The quantitative estimate of drug-likeness (QED) is 0.713. The Labute approximate surface area is 128 Å². The molecule has 0 radical (unpaired) electrons.